The maximum atomic E-state index is 12.5. The van der Waals surface area contributed by atoms with E-state index in [1.807, 2.05) is 13.8 Å². The molecular weight excluding hydrogens is 268 g/mol. The molecule has 0 aliphatic carbocycles. The Bertz CT molecular complexity index is 540. The van der Waals surface area contributed by atoms with Gasteiger partial charge in [0.1, 0.15) is 0 Å². The van der Waals surface area contributed by atoms with Gasteiger partial charge in [-0.1, -0.05) is 48.0 Å². The van der Waals surface area contributed by atoms with E-state index in [0.717, 1.165) is 5.57 Å². The van der Waals surface area contributed by atoms with Gasteiger partial charge in [-0.05, 0) is 26.0 Å². The van der Waals surface area contributed by atoms with Gasteiger partial charge in [-0.25, -0.2) is 8.42 Å². The third kappa shape index (κ3) is 4.00. The molecule has 98 valence electrons. The minimum Gasteiger partial charge on any atom is -0.223 e. The average Bonchev–Trinajstić information content (AvgIpc) is 2.28. The van der Waals surface area contributed by atoms with Gasteiger partial charge in [0.15, 0.2) is 9.84 Å². The summed E-state index contributed by atoms with van der Waals surface area (Å²) in [7, 11) is -3.41. The summed E-state index contributed by atoms with van der Waals surface area (Å²) in [4.78, 5) is 0.311. The van der Waals surface area contributed by atoms with Crippen LogP contribution in [0.25, 0.3) is 0 Å². The number of hydrogen-bond donors (Lipinski definition) is 0. The fourth-order valence-electron chi connectivity index (χ4n) is 1.63. The lowest BCUT2D eigenvalue weighted by atomic mass is 10.2. The SMILES string of the molecule is C=C(Cl)CC(C=C(C)C)S(=O)(=O)c1ccccc1. The van der Waals surface area contributed by atoms with Gasteiger partial charge >= 0.3 is 0 Å². The van der Waals surface area contributed by atoms with E-state index in [4.69, 9.17) is 11.6 Å². The molecule has 1 aromatic carbocycles. The zero-order valence-electron chi connectivity index (χ0n) is 10.6. The van der Waals surface area contributed by atoms with Crippen LogP contribution >= 0.6 is 11.6 Å². The summed E-state index contributed by atoms with van der Waals surface area (Å²) in [6.45, 7) is 7.31. The summed E-state index contributed by atoms with van der Waals surface area (Å²) in [5.41, 5.74) is 0.942. The van der Waals surface area contributed by atoms with Gasteiger partial charge in [0.2, 0.25) is 0 Å². The van der Waals surface area contributed by atoms with E-state index in [9.17, 15) is 8.42 Å². The second kappa shape index (κ2) is 6.21. The van der Waals surface area contributed by atoms with Crippen LogP contribution in [0.3, 0.4) is 0 Å². The van der Waals surface area contributed by atoms with Gasteiger partial charge < -0.3 is 0 Å². The first-order valence-electron chi connectivity index (χ1n) is 5.61. The van der Waals surface area contributed by atoms with Crippen LogP contribution in [0.4, 0.5) is 0 Å². The summed E-state index contributed by atoms with van der Waals surface area (Å²) >= 11 is 5.76. The lowest BCUT2D eigenvalue weighted by molar-refractivity contribution is 0.588. The van der Waals surface area contributed by atoms with Crippen LogP contribution in [0.1, 0.15) is 20.3 Å². The van der Waals surface area contributed by atoms with Gasteiger partial charge in [0.25, 0.3) is 0 Å². The van der Waals surface area contributed by atoms with E-state index < -0.39 is 15.1 Å². The fourth-order valence-corrected chi connectivity index (χ4v) is 3.65. The molecule has 0 N–H and O–H groups in total. The van der Waals surface area contributed by atoms with Crippen LogP contribution in [0.2, 0.25) is 0 Å². The average molecular weight is 285 g/mol. The van der Waals surface area contributed by atoms with Crippen molar-refractivity contribution in [1.29, 1.82) is 0 Å². The Morgan fingerprint density at radius 1 is 1.33 bits per heavy atom. The summed E-state index contributed by atoms with van der Waals surface area (Å²) < 4.78 is 24.9. The predicted octanol–water partition coefficient (Wildman–Crippen LogP) is 3.94. The summed E-state index contributed by atoms with van der Waals surface area (Å²) in [5.74, 6) is 0. The highest BCUT2D eigenvalue weighted by molar-refractivity contribution is 7.92. The Balaban J connectivity index is 3.20. The Hall–Kier alpha value is -1.06. The maximum Gasteiger partial charge on any atom is 0.185 e. The zero-order valence-corrected chi connectivity index (χ0v) is 12.1. The largest absolute Gasteiger partial charge is 0.223 e. The highest BCUT2D eigenvalue weighted by atomic mass is 35.5. The molecule has 1 atom stereocenters. The third-order valence-electron chi connectivity index (χ3n) is 2.41. The molecule has 0 aliphatic rings. The highest BCUT2D eigenvalue weighted by Crippen LogP contribution is 2.23. The van der Waals surface area contributed by atoms with Crippen molar-refractivity contribution in [2.45, 2.75) is 30.4 Å². The van der Waals surface area contributed by atoms with Crippen LogP contribution in [0, 0.1) is 0 Å². The van der Waals surface area contributed by atoms with Crippen molar-refractivity contribution >= 4 is 21.4 Å². The first-order chi connectivity index (χ1) is 8.34. The normalized spacial score (nSPS) is 12.8. The van der Waals surface area contributed by atoms with E-state index in [-0.39, 0.29) is 6.42 Å². The molecule has 0 aliphatic heterocycles. The molecule has 0 fully saturated rings. The first kappa shape index (κ1) is 15.0. The molecule has 4 heteroatoms. The zero-order chi connectivity index (χ0) is 13.8. The Labute approximate surface area is 114 Å². The quantitative estimate of drug-likeness (QED) is 0.768. The summed E-state index contributed by atoms with van der Waals surface area (Å²) in [6, 6.07) is 8.40. The van der Waals surface area contributed by atoms with Crippen molar-refractivity contribution < 1.29 is 8.42 Å². The van der Waals surface area contributed by atoms with Crippen LogP contribution in [0.15, 0.2) is 58.5 Å². The second-order valence-corrected chi connectivity index (χ2v) is 7.06. The monoisotopic (exact) mass is 284 g/mol. The van der Waals surface area contributed by atoms with Gasteiger partial charge in [0.05, 0.1) is 10.1 Å². The Kier molecular flexibility index (Phi) is 5.17. The number of allylic oxidation sites excluding steroid dienone is 2. The first-order valence-corrected chi connectivity index (χ1v) is 7.53. The molecule has 0 radical (unpaired) electrons. The molecule has 2 nitrogen and oxygen atoms in total. The number of hydrogen-bond acceptors (Lipinski definition) is 2. The number of halogens is 1. The van der Waals surface area contributed by atoms with Gasteiger partial charge in [-0.3, -0.25) is 0 Å². The van der Waals surface area contributed by atoms with Gasteiger partial charge in [-0.2, -0.15) is 0 Å². The van der Waals surface area contributed by atoms with Crippen molar-refractivity contribution in [2.75, 3.05) is 0 Å². The Morgan fingerprint density at radius 2 is 1.89 bits per heavy atom. The lowest BCUT2D eigenvalue weighted by Crippen LogP contribution is -2.19. The molecule has 0 spiro atoms. The van der Waals surface area contributed by atoms with E-state index in [2.05, 4.69) is 6.58 Å². The predicted molar refractivity (Wildman–Crippen MR) is 76.5 cm³/mol. The molecule has 18 heavy (non-hydrogen) atoms. The Morgan fingerprint density at radius 3 is 2.33 bits per heavy atom. The van der Waals surface area contributed by atoms with Crippen molar-refractivity contribution in [3.8, 4) is 0 Å². The second-order valence-electron chi connectivity index (χ2n) is 4.36. The van der Waals surface area contributed by atoms with Crippen LogP contribution in [-0.2, 0) is 9.84 Å². The minimum absolute atomic E-state index is 0.226. The molecule has 0 amide bonds. The van der Waals surface area contributed by atoms with E-state index >= 15 is 0 Å². The smallest absolute Gasteiger partial charge is 0.185 e. The standard InChI is InChI=1S/C14H17ClO2S/c1-11(2)9-14(10-12(3)15)18(16,17)13-7-5-4-6-8-13/h4-9,14H,3,10H2,1-2H3. The van der Waals surface area contributed by atoms with E-state index in [1.165, 1.54) is 0 Å². The van der Waals surface area contributed by atoms with Crippen molar-refractivity contribution in [1.82, 2.24) is 0 Å². The number of benzene rings is 1. The minimum atomic E-state index is -3.41. The summed E-state index contributed by atoms with van der Waals surface area (Å²) in [6.07, 6.45) is 1.94. The fraction of sp³-hybridized carbons (Fsp3) is 0.286. The number of sulfone groups is 1. The highest BCUT2D eigenvalue weighted by Gasteiger charge is 2.25. The van der Waals surface area contributed by atoms with Crippen molar-refractivity contribution in [3.63, 3.8) is 0 Å². The number of rotatable bonds is 5. The molecule has 0 heterocycles. The van der Waals surface area contributed by atoms with E-state index in [0.29, 0.717) is 9.93 Å². The summed E-state index contributed by atoms with van der Waals surface area (Å²) in [5, 5.41) is -0.313. The molecule has 1 rings (SSSR count). The lowest BCUT2D eigenvalue weighted by Gasteiger charge is -2.14. The van der Waals surface area contributed by atoms with Crippen LogP contribution in [0.5, 0.6) is 0 Å². The molecule has 0 saturated heterocycles. The van der Waals surface area contributed by atoms with Crippen LogP contribution in [-0.4, -0.2) is 13.7 Å². The van der Waals surface area contributed by atoms with Crippen molar-refractivity contribution in [3.05, 3.63) is 53.6 Å². The van der Waals surface area contributed by atoms with Crippen LogP contribution < -0.4 is 0 Å². The maximum absolute atomic E-state index is 12.5. The van der Waals surface area contributed by atoms with Crippen molar-refractivity contribution in [2.24, 2.45) is 0 Å². The van der Waals surface area contributed by atoms with Gasteiger partial charge in [0, 0.05) is 11.5 Å². The molecule has 0 bridgehead atoms. The topological polar surface area (TPSA) is 34.1 Å². The molecule has 1 unspecified atom stereocenters. The molecular formula is C14H17ClO2S. The molecule has 0 aromatic heterocycles. The molecule has 0 saturated carbocycles. The molecule has 1 aromatic rings. The third-order valence-corrected chi connectivity index (χ3v) is 4.60. The van der Waals surface area contributed by atoms with Gasteiger partial charge in [-0.15, -0.1) is 0 Å². The van der Waals surface area contributed by atoms with E-state index in [1.54, 1.807) is 36.4 Å².